The highest BCUT2D eigenvalue weighted by Crippen LogP contribution is 2.28. The van der Waals surface area contributed by atoms with Gasteiger partial charge in [-0.3, -0.25) is 0 Å². The van der Waals surface area contributed by atoms with Crippen LogP contribution in [0, 0.1) is 0 Å². The molecule has 1 aliphatic rings. The summed E-state index contributed by atoms with van der Waals surface area (Å²) in [5.41, 5.74) is 8.06. The second-order valence-corrected chi connectivity index (χ2v) is 4.56. The Balaban J connectivity index is 1.94. The van der Waals surface area contributed by atoms with Crippen molar-refractivity contribution in [3.8, 4) is 5.75 Å². The van der Waals surface area contributed by atoms with E-state index >= 15 is 0 Å². The highest BCUT2D eigenvalue weighted by molar-refractivity contribution is 5.57. The molecule has 1 aromatic carbocycles. The predicted octanol–water partition coefficient (Wildman–Crippen LogP) is 0.766. The summed E-state index contributed by atoms with van der Waals surface area (Å²) in [6, 6.07) is 6.00. The van der Waals surface area contributed by atoms with Crippen LogP contribution in [0.2, 0.25) is 0 Å². The number of benzene rings is 1. The van der Waals surface area contributed by atoms with Crippen LogP contribution < -0.4 is 15.4 Å². The molecule has 0 amide bonds. The van der Waals surface area contributed by atoms with E-state index in [1.165, 1.54) is 0 Å². The van der Waals surface area contributed by atoms with Crippen LogP contribution in [0.1, 0.15) is 11.4 Å². The van der Waals surface area contributed by atoms with Crippen LogP contribution >= 0.6 is 0 Å². The zero-order valence-electron chi connectivity index (χ0n) is 10.9. The normalized spacial score (nSPS) is 14.3. The third-order valence-electron chi connectivity index (χ3n) is 3.49. The summed E-state index contributed by atoms with van der Waals surface area (Å²) in [6.07, 6.45) is 1.78. The molecule has 2 N–H and O–H groups in total. The van der Waals surface area contributed by atoms with E-state index in [1.54, 1.807) is 13.4 Å². The van der Waals surface area contributed by atoms with Crippen molar-refractivity contribution in [3.05, 3.63) is 35.9 Å². The number of hydrogen-bond donors (Lipinski definition) is 1. The fourth-order valence-electron chi connectivity index (χ4n) is 2.41. The molecular weight excluding hydrogens is 242 g/mol. The Kier molecular flexibility index (Phi) is 3.08. The quantitative estimate of drug-likeness (QED) is 0.881. The number of rotatable bonds is 3. The van der Waals surface area contributed by atoms with E-state index < -0.39 is 0 Å². The maximum atomic E-state index is 5.82. The van der Waals surface area contributed by atoms with Crippen LogP contribution in [0.4, 0.5) is 5.69 Å². The Morgan fingerprint density at radius 3 is 3.05 bits per heavy atom. The van der Waals surface area contributed by atoms with Crippen LogP contribution in [0.25, 0.3) is 0 Å². The topological polar surface area (TPSA) is 69.2 Å². The molecule has 0 saturated heterocycles. The maximum absolute atomic E-state index is 5.82. The second kappa shape index (κ2) is 4.89. The van der Waals surface area contributed by atoms with E-state index in [1.807, 2.05) is 18.2 Å². The van der Waals surface area contributed by atoms with Gasteiger partial charge in [0.15, 0.2) is 5.82 Å². The second-order valence-electron chi connectivity index (χ2n) is 4.56. The number of nitrogens with zero attached hydrogens (tertiary/aromatic N) is 4. The van der Waals surface area contributed by atoms with Crippen molar-refractivity contribution in [2.24, 2.45) is 5.73 Å². The SMILES string of the molecule is COc1ccc(CN)c(N2CCn3cnnc3C2)c1. The number of nitrogens with two attached hydrogens (primary N) is 1. The lowest BCUT2D eigenvalue weighted by Gasteiger charge is -2.30. The van der Waals surface area contributed by atoms with Gasteiger partial charge >= 0.3 is 0 Å². The molecule has 0 radical (unpaired) electrons. The predicted molar refractivity (Wildman–Crippen MR) is 72.0 cm³/mol. The molecule has 100 valence electrons. The minimum Gasteiger partial charge on any atom is -0.497 e. The minimum atomic E-state index is 0.516. The van der Waals surface area contributed by atoms with Gasteiger partial charge in [-0.25, -0.2) is 0 Å². The molecule has 0 bridgehead atoms. The summed E-state index contributed by atoms with van der Waals surface area (Å²) in [7, 11) is 1.67. The van der Waals surface area contributed by atoms with Gasteiger partial charge in [0.25, 0.3) is 0 Å². The van der Waals surface area contributed by atoms with Crippen molar-refractivity contribution in [1.82, 2.24) is 14.8 Å². The summed E-state index contributed by atoms with van der Waals surface area (Å²) in [5.74, 6) is 1.83. The molecule has 2 heterocycles. The standard InChI is InChI=1S/C13H17N5O/c1-19-11-3-2-10(7-14)12(6-11)17-4-5-18-9-15-16-13(18)8-17/h2-3,6,9H,4-5,7-8,14H2,1H3. The lowest BCUT2D eigenvalue weighted by Crippen LogP contribution is -2.34. The van der Waals surface area contributed by atoms with Gasteiger partial charge in [0, 0.05) is 31.4 Å². The van der Waals surface area contributed by atoms with E-state index in [9.17, 15) is 0 Å². The van der Waals surface area contributed by atoms with E-state index in [0.29, 0.717) is 6.54 Å². The Bertz CT molecular complexity index is 580. The lowest BCUT2D eigenvalue weighted by molar-refractivity contribution is 0.414. The van der Waals surface area contributed by atoms with Crippen molar-refractivity contribution in [3.63, 3.8) is 0 Å². The first kappa shape index (κ1) is 12.0. The number of aromatic nitrogens is 3. The van der Waals surface area contributed by atoms with Gasteiger partial charge in [-0.2, -0.15) is 0 Å². The molecule has 1 aromatic heterocycles. The number of anilines is 1. The molecule has 0 unspecified atom stereocenters. The van der Waals surface area contributed by atoms with Crippen LogP contribution in [-0.2, 0) is 19.6 Å². The van der Waals surface area contributed by atoms with Gasteiger partial charge in [-0.1, -0.05) is 6.07 Å². The fourth-order valence-corrected chi connectivity index (χ4v) is 2.41. The molecule has 1 aliphatic heterocycles. The van der Waals surface area contributed by atoms with Gasteiger partial charge in [0.1, 0.15) is 12.1 Å². The molecular formula is C13H17N5O. The van der Waals surface area contributed by atoms with Gasteiger partial charge in [-0.05, 0) is 11.6 Å². The molecule has 6 nitrogen and oxygen atoms in total. The molecule has 0 atom stereocenters. The minimum absolute atomic E-state index is 0.516. The molecule has 2 aromatic rings. The van der Waals surface area contributed by atoms with Crippen LogP contribution in [-0.4, -0.2) is 28.4 Å². The van der Waals surface area contributed by atoms with E-state index in [4.69, 9.17) is 10.5 Å². The summed E-state index contributed by atoms with van der Waals surface area (Å²) < 4.78 is 7.38. The van der Waals surface area contributed by atoms with Crippen LogP contribution in [0.5, 0.6) is 5.75 Å². The average Bonchev–Trinajstić information content (AvgIpc) is 2.93. The highest BCUT2D eigenvalue weighted by atomic mass is 16.5. The largest absolute Gasteiger partial charge is 0.497 e. The van der Waals surface area contributed by atoms with E-state index in [-0.39, 0.29) is 0 Å². The van der Waals surface area contributed by atoms with Crippen molar-refractivity contribution in [2.75, 3.05) is 18.6 Å². The molecule has 0 fully saturated rings. The molecule has 0 spiro atoms. The van der Waals surface area contributed by atoms with E-state index in [0.717, 1.165) is 42.5 Å². The van der Waals surface area contributed by atoms with Gasteiger partial charge in [0.2, 0.25) is 0 Å². The monoisotopic (exact) mass is 259 g/mol. The first-order valence-corrected chi connectivity index (χ1v) is 6.30. The highest BCUT2D eigenvalue weighted by Gasteiger charge is 2.19. The third kappa shape index (κ3) is 2.15. The summed E-state index contributed by atoms with van der Waals surface area (Å²) in [6.45, 7) is 3.08. The van der Waals surface area contributed by atoms with Crippen molar-refractivity contribution >= 4 is 5.69 Å². The van der Waals surface area contributed by atoms with E-state index in [2.05, 4.69) is 19.7 Å². The number of methoxy groups -OCH3 is 1. The van der Waals surface area contributed by atoms with Gasteiger partial charge in [-0.15, -0.1) is 10.2 Å². The average molecular weight is 259 g/mol. The third-order valence-corrected chi connectivity index (χ3v) is 3.49. The lowest BCUT2D eigenvalue weighted by atomic mass is 10.1. The molecule has 19 heavy (non-hydrogen) atoms. The van der Waals surface area contributed by atoms with Crippen LogP contribution in [0.15, 0.2) is 24.5 Å². The fraction of sp³-hybridized carbons (Fsp3) is 0.385. The molecule has 3 rings (SSSR count). The zero-order chi connectivity index (χ0) is 13.2. The molecule has 0 aliphatic carbocycles. The van der Waals surface area contributed by atoms with Gasteiger partial charge in [0.05, 0.1) is 13.7 Å². The Morgan fingerprint density at radius 2 is 2.26 bits per heavy atom. The molecule has 0 saturated carbocycles. The summed E-state index contributed by atoms with van der Waals surface area (Å²) in [4.78, 5) is 2.27. The van der Waals surface area contributed by atoms with Gasteiger partial charge < -0.3 is 19.9 Å². The zero-order valence-corrected chi connectivity index (χ0v) is 10.9. The number of fused-ring (bicyclic) bond motifs is 1. The summed E-state index contributed by atoms with van der Waals surface area (Å²) in [5, 5.41) is 8.08. The van der Waals surface area contributed by atoms with Crippen molar-refractivity contribution in [2.45, 2.75) is 19.6 Å². The number of hydrogen-bond acceptors (Lipinski definition) is 5. The smallest absolute Gasteiger partial charge is 0.152 e. The Labute approximate surface area is 111 Å². The van der Waals surface area contributed by atoms with Crippen LogP contribution in [0.3, 0.4) is 0 Å². The first-order valence-electron chi connectivity index (χ1n) is 6.30. The summed E-state index contributed by atoms with van der Waals surface area (Å²) >= 11 is 0. The first-order chi connectivity index (χ1) is 9.31. The molecule has 6 heteroatoms. The Hall–Kier alpha value is -2.08. The van der Waals surface area contributed by atoms with Crippen molar-refractivity contribution in [1.29, 1.82) is 0 Å². The number of ether oxygens (including phenoxy) is 1. The maximum Gasteiger partial charge on any atom is 0.152 e. The van der Waals surface area contributed by atoms with Crippen molar-refractivity contribution < 1.29 is 4.74 Å². The Morgan fingerprint density at radius 1 is 1.37 bits per heavy atom.